The van der Waals surface area contributed by atoms with Gasteiger partial charge in [-0.2, -0.15) is 0 Å². The molecule has 0 amide bonds. The van der Waals surface area contributed by atoms with Crippen molar-refractivity contribution in [3.63, 3.8) is 0 Å². The average Bonchev–Trinajstić information content (AvgIpc) is 1.83. The molecule has 0 bridgehead atoms. The van der Waals surface area contributed by atoms with E-state index in [0.29, 0.717) is 5.70 Å². The molecule has 0 rings (SSSR count). The van der Waals surface area contributed by atoms with E-state index in [2.05, 4.69) is 23.4 Å². The Balaban J connectivity index is 3.84. The average molecular weight is 112 g/mol. The van der Waals surface area contributed by atoms with Crippen LogP contribution in [0.1, 0.15) is 0 Å². The second kappa shape index (κ2) is 4.21. The van der Waals surface area contributed by atoms with Gasteiger partial charge in [0.25, 0.3) is 0 Å². The van der Waals surface area contributed by atoms with Crippen LogP contribution in [0, 0.1) is 0 Å². The molecular weight excluding hydrogens is 104 g/mol. The lowest BCUT2D eigenvalue weighted by Gasteiger charge is -1.87. The van der Waals surface area contributed by atoms with Crippen LogP contribution in [-0.2, 0) is 0 Å². The maximum Gasteiger partial charge on any atom is 0.0868 e. The summed E-state index contributed by atoms with van der Waals surface area (Å²) in [5, 5.41) is 8.37. The highest BCUT2D eigenvalue weighted by atomic mass is 16.3. The number of aliphatic hydroxyl groups is 1. The summed E-state index contributed by atoms with van der Waals surface area (Å²) < 4.78 is 0. The third-order valence-electron chi connectivity index (χ3n) is 0.605. The highest BCUT2D eigenvalue weighted by Crippen LogP contribution is 1.90. The third-order valence-corrected chi connectivity index (χ3v) is 0.605. The van der Waals surface area contributed by atoms with E-state index in [1.54, 1.807) is 0 Å². The lowest BCUT2D eigenvalue weighted by atomic mass is 10.5. The lowest BCUT2D eigenvalue weighted by Crippen LogP contribution is -1.83. The van der Waals surface area contributed by atoms with Gasteiger partial charge < -0.3 is 5.11 Å². The highest BCUT2D eigenvalue weighted by molar-refractivity contribution is 5.31. The zero-order valence-corrected chi connectivity index (χ0v) is 4.54. The highest BCUT2D eigenvalue weighted by Gasteiger charge is 1.83. The number of aliphatic hydroxyl groups excluding tert-OH is 1. The zero-order valence-electron chi connectivity index (χ0n) is 4.54. The molecule has 0 heterocycles. The molecule has 0 atom stereocenters. The van der Waals surface area contributed by atoms with Gasteiger partial charge in [-0.3, -0.25) is 9.98 Å². The summed E-state index contributed by atoms with van der Waals surface area (Å²) in [6, 6.07) is 0. The molecule has 0 aliphatic heterocycles. The number of hydrogen-bond donors (Lipinski definition) is 1. The smallest absolute Gasteiger partial charge is 0.0868 e. The minimum absolute atomic E-state index is 0.136. The maximum absolute atomic E-state index is 8.37. The van der Waals surface area contributed by atoms with E-state index in [0.717, 1.165) is 0 Å². The third kappa shape index (κ3) is 2.25. The molecule has 0 aromatic heterocycles. The van der Waals surface area contributed by atoms with Crippen LogP contribution in [0.3, 0.4) is 0 Å². The van der Waals surface area contributed by atoms with Crippen molar-refractivity contribution in [2.75, 3.05) is 6.61 Å². The molecule has 0 fully saturated rings. The van der Waals surface area contributed by atoms with Crippen molar-refractivity contribution < 1.29 is 5.11 Å². The van der Waals surface area contributed by atoms with Gasteiger partial charge in [-0.05, 0) is 13.4 Å². The number of nitrogens with zero attached hydrogens (tertiary/aromatic N) is 2. The van der Waals surface area contributed by atoms with E-state index in [4.69, 9.17) is 5.11 Å². The fourth-order valence-corrected chi connectivity index (χ4v) is 0.237. The van der Waals surface area contributed by atoms with Crippen molar-refractivity contribution in [3.05, 3.63) is 11.9 Å². The summed E-state index contributed by atoms with van der Waals surface area (Å²) in [5.41, 5.74) is 0.431. The van der Waals surface area contributed by atoms with E-state index in [1.165, 1.54) is 6.20 Å². The molecule has 0 saturated carbocycles. The number of aliphatic imine (C=N–C) groups is 2. The largest absolute Gasteiger partial charge is 0.390 e. The standard InChI is InChI=1S/C5H8N2O/c1-6-3-5(4-8)7-2/h3,8H,1-2,4H2/b5-3-. The Kier molecular flexibility index (Phi) is 3.70. The molecule has 0 radical (unpaired) electrons. The molecule has 3 heteroatoms. The van der Waals surface area contributed by atoms with Crippen LogP contribution < -0.4 is 0 Å². The van der Waals surface area contributed by atoms with E-state index in [1.807, 2.05) is 0 Å². The van der Waals surface area contributed by atoms with E-state index in [-0.39, 0.29) is 6.61 Å². The van der Waals surface area contributed by atoms with Crippen LogP contribution in [-0.4, -0.2) is 25.1 Å². The summed E-state index contributed by atoms with van der Waals surface area (Å²) in [7, 11) is 0. The molecule has 0 saturated heterocycles. The first kappa shape index (κ1) is 7.04. The predicted molar refractivity (Wildman–Crippen MR) is 34.3 cm³/mol. The monoisotopic (exact) mass is 112 g/mol. The van der Waals surface area contributed by atoms with E-state index in [9.17, 15) is 0 Å². The van der Waals surface area contributed by atoms with Gasteiger partial charge in [-0.25, -0.2) is 0 Å². The van der Waals surface area contributed by atoms with Crippen LogP contribution in [0.25, 0.3) is 0 Å². The molecule has 3 nitrogen and oxygen atoms in total. The van der Waals surface area contributed by atoms with Crippen molar-refractivity contribution in [1.82, 2.24) is 0 Å². The summed E-state index contributed by atoms with van der Waals surface area (Å²) in [4.78, 5) is 6.80. The van der Waals surface area contributed by atoms with Gasteiger partial charge in [0.2, 0.25) is 0 Å². The Hall–Kier alpha value is -0.960. The summed E-state index contributed by atoms with van der Waals surface area (Å²) >= 11 is 0. The molecule has 0 aliphatic rings. The van der Waals surface area contributed by atoms with Crippen molar-refractivity contribution >= 4 is 13.4 Å². The molecule has 44 valence electrons. The topological polar surface area (TPSA) is 45.0 Å². The number of rotatable bonds is 3. The molecule has 8 heavy (non-hydrogen) atoms. The first-order valence-electron chi connectivity index (χ1n) is 2.07. The minimum Gasteiger partial charge on any atom is -0.390 e. The first-order chi connectivity index (χ1) is 3.85. The Labute approximate surface area is 48.1 Å². The molecule has 0 spiro atoms. The van der Waals surface area contributed by atoms with Gasteiger partial charge in [0, 0.05) is 6.20 Å². The second-order valence-corrected chi connectivity index (χ2v) is 1.12. The Morgan fingerprint density at radius 3 is 2.38 bits per heavy atom. The van der Waals surface area contributed by atoms with Crippen molar-refractivity contribution in [3.8, 4) is 0 Å². The van der Waals surface area contributed by atoms with Crippen LogP contribution in [0.2, 0.25) is 0 Å². The normalized spacial score (nSPS) is 10.9. The summed E-state index contributed by atoms with van der Waals surface area (Å²) in [5.74, 6) is 0. The molecule has 0 aliphatic carbocycles. The molecule has 0 aromatic rings. The molecule has 0 aromatic carbocycles. The van der Waals surface area contributed by atoms with Crippen molar-refractivity contribution in [1.29, 1.82) is 0 Å². The van der Waals surface area contributed by atoms with E-state index < -0.39 is 0 Å². The van der Waals surface area contributed by atoms with Gasteiger partial charge in [0.05, 0.1) is 12.3 Å². The van der Waals surface area contributed by atoms with Crippen molar-refractivity contribution in [2.24, 2.45) is 9.98 Å². The number of hydrogen-bond acceptors (Lipinski definition) is 3. The van der Waals surface area contributed by atoms with Crippen LogP contribution in [0.15, 0.2) is 21.9 Å². The quantitative estimate of drug-likeness (QED) is 0.521. The van der Waals surface area contributed by atoms with Crippen LogP contribution >= 0.6 is 0 Å². The fourth-order valence-electron chi connectivity index (χ4n) is 0.237. The van der Waals surface area contributed by atoms with Gasteiger partial charge in [0.1, 0.15) is 0 Å². The van der Waals surface area contributed by atoms with Gasteiger partial charge in [0.15, 0.2) is 0 Å². The van der Waals surface area contributed by atoms with Gasteiger partial charge in [-0.15, -0.1) is 0 Å². The Bertz CT molecular complexity index is 118. The SMILES string of the molecule is C=N/C=C(/CO)N=C. The van der Waals surface area contributed by atoms with Gasteiger partial charge >= 0.3 is 0 Å². The second-order valence-electron chi connectivity index (χ2n) is 1.12. The first-order valence-corrected chi connectivity index (χ1v) is 2.07. The molecule has 0 unspecified atom stereocenters. The van der Waals surface area contributed by atoms with E-state index >= 15 is 0 Å². The summed E-state index contributed by atoms with van der Waals surface area (Å²) in [6.45, 7) is 6.22. The molecule has 1 N–H and O–H groups in total. The van der Waals surface area contributed by atoms with Gasteiger partial charge in [-0.1, -0.05) is 0 Å². The maximum atomic E-state index is 8.37. The Morgan fingerprint density at radius 1 is 1.62 bits per heavy atom. The van der Waals surface area contributed by atoms with Crippen LogP contribution in [0.5, 0.6) is 0 Å². The minimum atomic E-state index is -0.136. The predicted octanol–water partition coefficient (Wildman–Crippen LogP) is 0.221. The molecular formula is C5H8N2O. The lowest BCUT2D eigenvalue weighted by molar-refractivity contribution is 0.330. The summed E-state index contributed by atoms with van der Waals surface area (Å²) in [6.07, 6.45) is 1.35. The Morgan fingerprint density at radius 2 is 2.25 bits per heavy atom. The van der Waals surface area contributed by atoms with Crippen molar-refractivity contribution in [2.45, 2.75) is 0 Å². The zero-order chi connectivity index (χ0) is 6.41. The van der Waals surface area contributed by atoms with Crippen LogP contribution in [0.4, 0.5) is 0 Å². The fraction of sp³-hybridized carbons (Fsp3) is 0.200.